The molecule has 0 radical (unpaired) electrons. The molecule has 5 nitrogen and oxygen atoms in total. The lowest BCUT2D eigenvalue weighted by atomic mass is 10.2. The van der Waals surface area contributed by atoms with Gasteiger partial charge in [-0.05, 0) is 18.6 Å². The van der Waals surface area contributed by atoms with Gasteiger partial charge in [-0.1, -0.05) is 30.3 Å². The van der Waals surface area contributed by atoms with E-state index in [2.05, 4.69) is 9.97 Å². The molecule has 112 valence electrons. The van der Waals surface area contributed by atoms with Crippen molar-refractivity contribution in [3.63, 3.8) is 0 Å². The van der Waals surface area contributed by atoms with E-state index in [-0.39, 0.29) is 5.96 Å². The number of nitrogens with one attached hydrogen (secondary N) is 2. The van der Waals surface area contributed by atoms with Crippen LogP contribution in [0.15, 0.2) is 48.0 Å². The van der Waals surface area contributed by atoms with Crippen LogP contribution >= 0.6 is 11.3 Å². The van der Waals surface area contributed by atoms with Crippen molar-refractivity contribution in [1.29, 1.82) is 5.41 Å². The Bertz CT molecular complexity index is 775. The van der Waals surface area contributed by atoms with Gasteiger partial charge in [0.2, 0.25) is 0 Å². The molecule has 0 fully saturated rings. The van der Waals surface area contributed by atoms with Crippen LogP contribution in [0.25, 0.3) is 11.3 Å². The monoisotopic (exact) mass is 311 g/mol. The Morgan fingerprint density at radius 2 is 2.14 bits per heavy atom. The Hall–Kier alpha value is -2.60. The van der Waals surface area contributed by atoms with Crippen LogP contribution in [0.2, 0.25) is 0 Å². The maximum Gasteiger partial charge on any atom is 0.195 e. The Kier molecular flexibility index (Phi) is 3.93. The number of nitrogens with two attached hydrogens (primary N) is 1. The van der Waals surface area contributed by atoms with Crippen molar-refractivity contribution in [2.24, 2.45) is 5.73 Å². The number of rotatable bonds is 4. The summed E-state index contributed by atoms with van der Waals surface area (Å²) in [7, 11) is 0. The molecule has 3 rings (SSSR count). The molecule has 3 aromatic rings. The second-order valence-corrected chi connectivity index (χ2v) is 5.88. The first-order chi connectivity index (χ1) is 10.6. The summed E-state index contributed by atoms with van der Waals surface area (Å²) in [5.74, 6) is -0.00463. The SMILES string of the molecule is Cc1cc(-c2csc(N(Cc3ccccc3)C(=N)N)n2)c[nH]1. The summed E-state index contributed by atoms with van der Waals surface area (Å²) in [5.41, 5.74) is 9.86. The van der Waals surface area contributed by atoms with E-state index in [4.69, 9.17) is 11.1 Å². The molecule has 22 heavy (non-hydrogen) atoms. The van der Waals surface area contributed by atoms with Gasteiger partial charge in [0.05, 0.1) is 12.2 Å². The fourth-order valence-corrected chi connectivity index (χ4v) is 3.05. The van der Waals surface area contributed by atoms with Gasteiger partial charge in [0, 0.05) is 22.8 Å². The summed E-state index contributed by atoms with van der Waals surface area (Å²) in [4.78, 5) is 9.48. The molecule has 2 aromatic heterocycles. The number of guanidine groups is 1. The van der Waals surface area contributed by atoms with E-state index in [1.54, 1.807) is 4.90 Å². The van der Waals surface area contributed by atoms with Crippen LogP contribution in [-0.4, -0.2) is 15.9 Å². The Morgan fingerprint density at radius 3 is 2.77 bits per heavy atom. The highest BCUT2D eigenvalue weighted by Crippen LogP contribution is 2.28. The predicted molar refractivity (Wildman–Crippen MR) is 91.2 cm³/mol. The molecule has 0 aliphatic heterocycles. The van der Waals surface area contributed by atoms with Crippen molar-refractivity contribution >= 4 is 22.4 Å². The van der Waals surface area contributed by atoms with Crippen LogP contribution in [0.3, 0.4) is 0 Å². The molecule has 0 amide bonds. The number of anilines is 1. The van der Waals surface area contributed by atoms with E-state index in [9.17, 15) is 0 Å². The number of hydrogen-bond acceptors (Lipinski definition) is 3. The highest BCUT2D eigenvalue weighted by molar-refractivity contribution is 7.14. The van der Waals surface area contributed by atoms with Crippen LogP contribution in [0.4, 0.5) is 5.13 Å². The number of nitrogens with zero attached hydrogens (tertiary/aromatic N) is 2. The molecule has 0 saturated heterocycles. The normalized spacial score (nSPS) is 10.6. The summed E-state index contributed by atoms with van der Waals surface area (Å²) < 4.78 is 0. The molecule has 1 aromatic carbocycles. The third-order valence-electron chi connectivity index (χ3n) is 3.32. The molecule has 0 unspecified atom stereocenters. The second kappa shape index (κ2) is 6.03. The zero-order chi connectivity index (χ0) is 15.5. The van der Waals surface area contributed by atoms with Gasteiger partial charge >= 0.3 is 0 Å². The smallest absolute Gasteiger partial charge is 0.195 e. The first-order valence-corrected chi connectivity index (χ1v) is 7.78. The molecule has 4 N–H and O–H groups in total. The van der Waals surface area contributed by atoms with Crippen molar-refractivity contribution in [2.75, 3.05) is 4.90 Å². The van der Waals surface area contributed by atoms with Crippen LogP contribution in [0.5, 0.6) is 0 Å². The van der Waals surface area contributed by atoms with Crippen molar-refractivity contribution in [3.05, 3.63) is 59.2 Å². The molecule has 2 heterocycles. The van der Waals surface area contributed by atoms with Crippen LogP contribution in [-0.2, 0) is 6.54 Å². The minimum atomic E-state index is -0.00463. The highest BCUT2D eigenvalue weighted by atomic mass is 32.1. The molecule has 0 spiro atoms. The first-order valence-electron chi connectivity index (χ1n) is 6.90. The van der Waals surface area contributed by atoms with E-state index >= 15 is 0 Å². The lowest BCUT2D eigenvalue weighted by molar-refractivity contribution is 0.976. The van der Waals surface area contributed by atoms with Crippen LogP contribution in [0.1, 0.15) is 11.3 Å². The molecule has 0 atom stereocenters. The Morgan fingerprint density at radius 1 is 1.36 bits per heavy atom. The Labute approximate surface area is 132 Å². The minimum Gasteiger partial charge on any atom is -0.370 e. The molecule has 0 bridgehead atoms. The molecular weight excluding hydrogens is 294 g/mol. The van der Waals surface area contributed by atoms with E-state index in [0.717, 1.165) is 27.6 Å². The Balaban J connectivity index is 1.86. The maximum absolute atomic E-state index is 7.82. The van der Waals surface area contributed by atoms with Gasteiger partial charge in [0.25, 0.3) is 0 Å². The van der Waals surface area contributed by atoms with Gasteiger partial charge in [-0.25, -0.2) is 4.98 Å². The number of aryl methyl sites for hydroxylation is 1. The number of thiazole rings is 1. The molecule has 0 aliphatic rings. The largest absolute Gasteiger partial charge is 0.370 e. The first kappa shape index (κ1) is 14.3. The third kappa shape index (κ3) is 3.01. The summed E-state index contributed by atoms with van der Waals surface area (Å²) >= 11 is 1.49. The number of hydrogen-bond donors (Lipinski definition) is 3. The highest BCUT2D eigenvalue weighted by Gasteiger charge is 2.15. The average molecular weight is 311 g/mol. The fourth-order valence-electron chi connectivity index (χ4n) is 2.20. The minimum absolute atomic E-state index is 0.00463. The fraction of sp³-hybridized carbons (Fsp3) is 0.125. The van der Waals surface area contributed by atoms with Crippen molar-refractivity contribution in [3.8, 4) is 11.3 Å². The predicted octanol–water partition coefficient (Wildman–Crippen LogP) is 3.35. The molecule has 6 heteroatoms. The number of H-pyrrole nitrogens is 1. The summed E-state index contributed by atoms with van der Waals surface area (Å²) in [6.45, 7) is 2.54. The number of aromatic nitrogens is 2. The van der Waals surface area contributed by atoms with E-state index in [1.807, 2.05) is 54.9 Å². The third-order valence-corrected chi connectivity index (χ3v) is 4.18. The van der Waals surface area contributed by atoms with Gasteiger partial charge in [0.1, 0.15) is 0 Å². The quantitative estimate of drug-likeness (QED) is 0.510. The standard InChI is InChI=1S/C16H17N5S/c1-11-7-13(8-19-11)14-10-22-16(20-14)21(15(17)18)9-12-5-3-2-4-6-12/h2-8,10,19H,9H2,1H3,(H3,17,18). The van der Waals surface area contributed by atoms with Gasteiger partial charge in [-0.2, -0.15) is 0 Å². The van der Waals surface area contributed by atoms with Crippen molar-refractivity contribution in [1.82, 2.24) is 9.97 Å². The van der Waals surface area contributed by atoms with Crippen LogP contribution in [0, 0.1) is 12.3 Å². The topological polar surface area (TPSA) is 81.8 Å². The lowest BCUT2D eigenvalue weighted by Gasteiger charge is -2.19. The van der Waals surface area contributed by atoms with Gasteiger partial charge < -0.3 is 10.7 Å². The van der Waals surface area contributed by atoms with Gasteiger partial charge in [0.15, 0.2) is 11.1 Å². The van der Waals surface area contributed by atoms with E-state index < -0.39 is 0 Å². The summed E-state index contributed by atoms with van der Waals surface area (Å²) in [6, 6.07) is 12.0. The van der Waals surface area contributed by atoms with Gasteiger partial charge in [-0.3, -0.25) is 10.3 Å². The van der Waals surface area contributed by atoms with E-state index in [1.165, 1.54) is 11.3 Å². The number of aromatic amines is 1. The lowest BCUT2D eigenvalue weighted by Crippen LogP contribution is -2.35. The van der Waals surface area contributed by atoms with E-state index in [0.29, 0.717) is 6.54 Å². The van der Waals surface area contributed by atoms with Crippen molar-refractivity contribution < 1.29 is 0 Å². The van der Waals surface area contributed by atoms with Crippen molar-refractivity contribution in [2.45, 2.75) is 13.5 Å². The number of benzene rings is 1. The molecule has 0 saturated carbocycles. The second-order valence-electron chi connectivity index (χ2n) is 5.04. The zero-order valence-corrected chi connectivity index (χ0v) is 13.0. The average Bonchev–Trinajstić information content (AvgIpc) is 3.14. The maximum atomic E-state index is 7.82. The van der Waals surface area contributed by atoms with Crippen LogP contribution < -0.4 is 10.6 Å². The zero-order valence-electron chi connectivity index (χ0n) is 12.2. The summed E-state index contributed by atoms with van der Waals surface area (Å²) in [5, 5.41) is 10.5. The molecule has 0 aliphatic carbocycles. The molecular formula is C16H17N5S. The van der Waals surface area contributed by atoms with Gasteiger partial charge in [-0.15, -0.1) is 11.3 Å². The summed E-state index contributed by atoms with van der Waals surface area (Å²) in [6.07, 6.45) is 1.93.